The maximum Gasteiger partial charge on any atom is 0.203 e. The van der Waals surface area contributed by atoms with E-state index in [1.165, 1.54) is 0 Å². The van der Waals surface area contributed by atoms with E-state index in [4.69, 9.17) is 0 Å². The molecule has 2 heterocycles. The van der Waals surface area contributed by atoms with Crippen LogP contribution in [0.2, 0.25) is 0 Å². The molecule has 4 nitrogen and oxygen atoms in total. The lowest BCUT2D eigenvalue weighted by molar-refractivity contribution is 0.604. The lowest BCUT2D eigenvalue weighted by Gasteiger charge is -2.11. The van der Waals surface area contributed by atoms with Crippen LogP contribution in [-0.4, -0.2) is 14.5 Å². The van der Waals surface area contributed by atoms with E-state index in [-0.39, 0.29) is 0 Å². The fourth-order valence-electron chi connectivity index (χ4n) is 1.53. The van der Waals surface area contributed by atoms with Crippen molar-refractivity contribution >= 4 is 17.3 Å². The highest BCUT2D eigenvalue weighted by Crippen LogP contribution is 2.14. The third-order valence-corrected chi connectivity index (χ3v) is 3.14. The molecule has 0 unspecified atom stereocenters. The fourth-order valence-corrected chi connectivity index (χ4v) is 2.14. The highest BCUT2D eigenvalue weighted by molar-refractivity contribution is 7.09. The molecule has 0 fully saturated rings. The number of imidazole rings is 1. The molecule has 0 amide bonds. The third-order valence-electron chi connectivity index (χ3n) is 2.32. The van der Waals surface area contributed by atoms with E-state index in [9.17, 15) is 0 Å². The van der Waals surface area contributed by atoms with Crippen molar-refractivity contribution < 1.29 is 0 Å². The Bertz CT molecular complexity index is 458. The molecule has 0 aromatic carbocycles. The zero-order valence-corrected chi connectivity index (χ0v) is 10.6. The summed E-state index contributed by atoms with van der Waals surface area (Å²) in [5, 5.41) is 6.48. The van der Waals surface area contributed by atoms with Crippen molar-refractivity contribution in [2.45, 2.75) is 33.4 Å². The normalized spacial score (nSPS) is 11.0. The number of aryl methyl sites for hydroxylation is 1. The largest absolute Gasteiger partial charge is 0.350 e. The van der Waals surface area contributed by atoms with Gasteiger partial charge in [-0.05, 0) is 20.8 Å². The van der Waals surface area contributed by atoms with Crippen LogP contribution in [0.1, 0.15) is 30.6 Å². The van der Waals surface area contributed by atoms with E-state index in [2.05, 4.69) is 39.1 Å². The molecule has 16 heavy (non-hydrogen) atoms. The van der Waals surface area contributed by atoms with Crippen LogP contribution < -0.4 is 5.32 Å². The Morgan fingerprint density at radius 3 is 2.94 bits per heavy atom. The molecule has 0 spiro atoms. The number of aromatic nitrogens is 3. The zero-order valence-electron chi connectivity index (χ0n) is 9.77. The molecule has 0 saturated carbocycles. The molecule has 0 aliphatic rings. The fraction of sp³-hybridized carbons (Fsp3) is 0.455. The Morgan fingerprint density at radius 2 is 2.31 bits per heavy atom. The van der Waals surface area contributed by atoms with E-state index in [1.54, 1.807) is 11.3 Å². The van der Waals surface area contributed by atoms with Gasteiger partial charge in [0.2, 0.25) is 5.95 Å². The van der Waals surface area contributed by atoms with Crippen molar-refractivity contribution in [2.75, 3.05) is 5.32 Å². The lowest BCUT2D eigenvalue weighted by atomic mass is 10.4. The third kappa shape index (κ3) is 2.41. The SMILES string of the molecule is Cc1nc(CNc2nccn2C(C)C)cs1. The van der Waals surface area contributed by atoms with E-state index >= 15 is 0 Å². The van der Waals surface area contributed by atoms with Crippen molar-refractivity contribution in [1.29, 1.82) is 0 Å². The van der Waals surface area contributed by atoms with Crippen molar-refractivity contribution in [3.05, 3.63) is 28.5 Å². The van der Waals surface area contributed by atoms with Crippen LogP contribution in [0.3, 0.4) is 0 Å². The first-order valence-corrected chi connectivity index (χ1v) is 6.22. The quantitative estimate of drug-likeness (QED) is 0.887. The summed E-state index contributed by atoms with van der Waals surface area (Å²) in [5.74, 6) is 0.903. The van der Waals surface area contributed by atoms with E-state index < -0.39 is 0 Å². The van der Waals surface area contributed by atoms with Crippen LogP contribution in [0, 0.1) is 6.92 Å². The van der Waals surface area contributed by atoms with Gasteiger partial charge in [-0.2, -0.15) is 0 Å². The number of thiazole rings is 1. The number of anilines is 1. The van der Waals surface area contributed by atoms with Crippen molar-refractivity contribution in [2.24, 2.45) is 0 Å². The molecule has 0 saturated heterocycles. The Kier molecular flexibility index (Phi) is 3.24. The van der Waals surface area contributed by atoms with E-state index in [0.717, 1.165) is 23.2 Å². The molecule has 1 N–H and O–H groups in total. The van der Waals surface area contributed by atoms with Gasteiger partial charge in [0.25, 0.3) is 0 Å². The maximum absolute atomic E-state index is 4.40. The number of rotatable bonds is 4. The Balaban J connectivity index is 2.02. The van der Waals surface area contributed by atoms with Gasteiger partial charge in [0.15, 0.2) is 0 Å². The molecule has 0 aliphatic carbocycles. The summed E-state index contributed by atoms with van der Waals surface area (Å²) < 4.78 is 2.11. The molecule has 2 aromatic rings. The Morgan fingerprint density at radius 1 is 1.50 bits per heavy atom. The first-order valence-electron chi connectivity index (χ1n) is 5.34. The van der Waals surface area contributed by atoms with Gasteiger partial charge in [0.05, 0.1) is 17.2 Å². The summed E-state index contributed by atoms with van der Waals surface area (Å²) in [7, 11) is 0. The van der Waals surface area contributed by atoms with Gasteiger partial charge >= 0.3 is 0 Å². The molecule has 5 heteroatoms. The van der Waals surface area contributed by atoms with Crippen molar-refractivity contribution in [1.82, 2.24) is 14.5 Å². The minimum absolute atomic E-state index is 0.419. The second-order valence-corrected chi connectivity index (χ2v) is 5.03. The molecule has 2 aromatic heterocycles. The summed E-state index contributed by atoms with van der Waals surface area (Å²) in [6.45, 7) is 7.02. The van der Waals surface area contributed by atoms with Gasteiger partial charge in [-0.3, -0.25) is 0 Å². The van der Waals surface area contributed by atoms with Crippen LogP contribution in [0.15, 0.2) is 17.8 Å². The van der Waals surface area contributed by atoms with Crippen LogP contribution in [0.5, 0.6) is 0 Å². The van der Waals surface area contributed by atoms with E-state index in [1.807, 2.05) is 19.3 Å². The van der Waals surface area contributed by atoms with E-state index in [0.29, 0.717) is 6.04 Å². The number of hydrogen-bond donors (Lipinski definition) is 1. The smallest absolute Gasteiger partial charge is 0.203 e. The average molecular weight is 236 g/mol. The Labute approximate surface area is 99.4 Å². The monoisotopic (exact) mass is 236 g/mol. The molecule has 2 rings (SSSR count). The molecule has 0 aliphatic heterocycles. The standard InChI is InChI=1S/C11H16N4S/c1-8(2)15-5-4-12-11(15)13-6-10-7-16-9(3)14-10/h4-5,7-8H,6H2,1-3H3,(H,12,13). The molecular formula is C11H16N4S. The summed E-state index contributed by atoms with van der Waals surface area (Å²) in [6, 6.07) is 0.419. The molecule has 0 radical (unpaired) electrons. The lowest BCUT2D eigenvalue weighted by Crippen LogP contribution is -2.08. The van der Waals surface area contributed by atoms with Crippen LogP contribution >= 0.6 is 11.3 Å². The van der Waals surface area contributed by atoms with Gasteiger partial charge in [0.1, 0.15) is 0 Å². The van der Waals surface area contributed by atoms with Crippen molar-refractivity contribution in [3.63, 3.8) is 0 Å². The minimum Gasteiger partial charge on any atom is -0.350 e. The van der Waals surface area contributed by atoms with Gasteiger partial charge in [-0.15, -0.1) is 11.3 Å². The van der Waals surface area contributed by atoms with Gasteiger partial charge in [-0.1, -0.05) is 0 Å². The molecule has 0 atom stereocenters. The van der Waals surface area contributed by atoms with Gasteiger partial charge in [-0.25, -0.2) is 9.97 Å². The number of nitrogens with one attached hydrogen (secondary N) is 1. The summed E-state index contributed by atoms with van der Waals surface area (Å²) in [4.78, 5) is 8.69. The summed E-state index contributed by atoms with van der Waals surface area (Å²) in [6.07, 6.45) is 3.80. The van der Waals surface area contributed by atoms with Gasteiger partial charge in [0, 0.05) is 23.8 Å². The second kappa shape index (κ2) is 4.65. The maximum atomic E-state index is 4.40. The van der Waals surface area contributed by atoms with Crippen molar-refractivity contribution in [3.8, 4) is 0 Å². The Hall–Kier alpha value is -1.36. The number of hydrogen-bond acceptors (Lipinski definition) is 4. The number of nitrogens with zero attached hydrogens (tertiary/aromatic N) is 3. The molecule has 0 bridgehead atoms. The van der Waals surface area contributed by atoms with Crippen LogP contribution in [-0.2, 0) is 6.54 Å². The highest BCUT2D eigenvalue weighted by atomic mass is 32.1. The summed E-state index contributed by atoms with van der Waals surface area (Å²) >= 11 is 1.67. The summed E-state index contributed by atoms with van der Waals surface area (Å²) in [5.41, 5.74) is 1.07. The second-order valence-electron chi connectivity index (χ2n) is 3.96. The predicted molar refractivity (Wildman–Crippen MR) is 66.8 cm³/mol. The predicted octanol–water partition coefficient (Wildman–Crippen LogP) is 2.84. The first kappa shape index (κ1) is 11.1. The highest BCUT2D eigenvalue weighted by Gasteiger charge is 2.05. The molecular weight excluding hydrogens is 220 g/mol. The average Bonchev–Trinajstić information content (AvgIpc) is 2.83. The van der Waals surface area contributed by atoms with Gasteiger partial charge < -0.3 is 9.88 Å². The topological polar surface area (TPSA) is 42.7 Å². The molecule has 86 valence electrons. The minimum atomic E-state index is 0.419. The van der Waals surface area contributed by atoms with Crippen LogP contribution in [0.25, 0.3) is 0 Å². The first-order chi connectivity index (χ1) is 7.66. The van der Waals surface area contributed by atoms with Crippen LogP contribution in [0.4, 0.5) is 5.95 Å². The zero-order chi connectivity index (χ0) is 11.5.